The van der Waals surface area contributed by atoms with Crippen LogP contribution in [0.25, 0.3) is 0 Å². The van der Waals surface area contributed by atoms with Crippen molar-refractivity contribution in [1.29, 1.82) is 5.26 Å². The lowest BCUT2D eigenvalue weighted by atomic mass is 9.71. The van der Waals surface area contributed by atoms with Crippen molar-refractivity contribution >= 4 is 5.97 Å². The Labute approximate surface area is 154 Å². The average molecular weight is 348 g/mol. The van der Waals surface area contributed by atoms with Crippen molar-refractivity contribution in [2.45, 2.75) is 110 Å². The fraction of sp³-hybridized carbons (Fsp3) is 0.909. The van der Waals surface area contributed by atoms with E-state index in [2.05, 4.69) is 19.9 Å². The quantitative estimate of drug-likeness (QED) is 0.390. The van der Waals surface area contributed by atoms with E-state index in [1.54, 1.807) is 0 Å². The van der Waals surface area contributed by atoms with Gasteiger partial charge in [-0.05, 0) is 63.7 Å². The molecule has 2 rings (SSSR count). The lowest BCUT2D eigenvalue weighted by Crippen LogP contribution is -2.33. The summed E-state index contributed by atoms with van der Waals surface area (Å²) in [5, 5.41) is 9.62. The van der Waals surface area contributed by atoms with Gasteiger partial charge in [0.05, 0.1) is 17.4 Å². The highest BCUT2D eigenvalue weighted by Gasteiger charge is 2.37. The van der Waals surface area contributed by atoms with Crippen LogP contribution in [0.5, 0.6) is 0 Å². The van der Waals surface area contributed by atoms with E-state index >= 15 is 0 Å². The van der Waals surface area contributed by atoms with Gasteiger partial charge in [0.15, 0.2) is 0 Å². The first-order valence-corrected chi connectivity index (χ1v) is 10.7. The first kappa shape index (κ1) is 20.3. The van der Waals surface area contributed by atoms with E-state index in [4.69, 9.17) is 4.74 Å². The monoisotopic (exact) mass is 347 g/mol. The van der Waals surface area contributed by atoms with Crippen molar-refractivity contribution in [2.75, 3.05) is 0 Å². The van der Waals surface area contributed by atoms with Crippen molar-refractivity contribution in [3.8, 4) is 6.07 Å². The van der Waals surface area contributed by atoms with Gasteiger partial charge in [-0.2, -0.15) is 5.26 Å². The third-order valence-electron chi connectivity index (χ3n) is 6.55. The van der Waals surface area contributed by atoms with Gasteiger partial charge in [-0.15, -0.1) is 0 Å². The minimum atomic E-state index is -0.156. The summed E-state index contributed by atoms with van der Waals surface area (Å²) in [6.45, 7) is 4.44. The average Bonchev–Trinajstić information content (AvgIpc) is 2.64. The molecule has 2 fully saturated rings. The first-order chi connectivity index (χ1) is 12.1. The molecular weight excluding hydrogens is 310 g/mol. The zero-order chi connectivity index (χ0) is 18.1. The summed E-state index contributed by atoms with van der Waals surface area (Å²) in [6, 6.07) is 2.59. The van der Waals surface area contributed by atoms with Gasteiger partial charge in [0, 0.05) is 0 Å². The maximum Gasteiger partial charge on any atom is 0.309 e. The Morgan fingerprint density at radius 2 is 1.72 bits per heavy atom. The third-order valence-corrected chi connectivity index (χ3v) is 6.55. The molecule has 0 aromatic heterocycles. The van der Waals surface area contributed by atoms with Gasteiger partial charge < -0.3 is 4.74 Å². The van der Waals surface area contributed by atoms with Crippen molar-refractivity contribution in [3.05, 3.63) is 0 Å². The van der Waals surface area contributed by atoms with Crippen LogP contribution >= 0.6 is 0 Å². The van der Waals surface area contributed by atoms with Crippen LogP contribution in [-0.4, -0.2) is 12.1 Å². The molecule has 0 radical (unpaired) electrons. The molecule has 0 aromatic rings. The van der Waals surface area contributed by atoms with E-state index in [9.17, 15) is 10.1 Å². The Kier molecular flexibility index (Phi) is 8.27. The van der Waals surface area contributed by atoms with E-state index < -0.39 is 0 Å². The molecule has 0 aliphatic heterocycles. The van der Waals surface area contributed by atoms with Crippen molar-refractivity contribution in [2.24, 2.45) is 17.3 Å². The van der Waals surface area contributed by atoms with Crippen LogP contribution in [0.1, 0.15) is 104 Å². The smallest absolute Gasteiger partial charge is 0.309 e. The lowest BCUT2D eigenvalue weighted by Gasteiger charge is -2.35. The topological polar surface area (TPSA) is 50.1 Å². The zero-order valence-electron chi connectivity index (χ0n) is 16.4. The van der Waals surface area contributed by atoms with Gasteiger partial charge >= 0.3 is 5.97 Å². The van der Waals surface area contributed by atoms with Gasteiger partial charge in [0.2, 0.25) is 0 Å². The normalized spacial score (nSPS) is 32.8. The standard InChI is InChI=1S/C22H37NO2/c1-3-5-6-14-22(17-23)15-12-20(13-16-22)25-21(24)19-10-8-18(7-4-2)9-11-19/h18-20H,3-16H2,1-2H3/t18-,19-,20-,22+. The summed E-state index contributed by atoms with van der Waals surface area (Å²) in [6.07, 6.45) is 15.1. The third kappa shape index (κ3) is 6.01. The summed E-state index contributed by atoms with van der Waals surface area (Å²) in [5.41, 5.74) is -0.156. The van der Waals surface area contributed by atoms with Crippen LogP contribution in [0.15, 0.2) is 0 Å². The molecule has 0 amide bonds. The number of nitriles is 1. The molecule has 0 atom stereocenters. The van der Waals surface area contributed by atoms with E-state index in [1.807, 2.05) is 0 Å². The Hall–Kier alpha value is -1.04. The van der Waals surface area contributed by atoms with Crippen LogP contribution in [0.3, 0.4) is 0 Å². The Morgan fingerprint density at radius 1 is 1.04 bits per heavy atom. The summed E-state index contributed by atoms with van der Waals surface area (Å²) < 4.78 is 5.84. The van der Waals surface area contributed by atoms with Crippen molar-refractivity contribution < 1.29 is 9.53 Å². The predicted molar refractivity (Wildman–Crippen MR) is 101 cm³/mol. The maximum absolute atomic E-state index is 12.5. The van der Waals surface area contributed by atoms with Crippen LogP contribution in [0, 0.1) is 28.6 Å². The first-order valence-electron chi connectivity index (χ1n) is 10.7. The Balaban J connectivity index is 1.72. The minimum Gasteiger partial charge on any atom is -0.462 e. The number of hydrogen-bond acceptors (Lipinski definition) is 3. The number of nitrogens with zero attached hydrogens (tertiary/aromatic N) is 1. The Morgan fingerprint density at radius 3 is 2.28 bits per heavy atom. The molecule has 3 heteroatoms. The van der Waals surface area contributed by atoms with E-state index in [0.29, 0.717) is 0 Å². The SMILES string of the molecule is CCCCC[C@]1(C#N)CC[C@@H](OC(=O)[C@H]2CC[C@H](CCC)CC2)CC1. The molecule has 0 aromatic carbocycles. The molecule has 0 bridgehead atoms. The molecule has 0 heterocycles. The van der Waals surface area contributed by atoms with E-state index in [0.717, 1.165) is 57.3 Å². The van der Waals surface area contributed by atoms with E-state index in [1.165, 1.54) is 38.5 Å². The molecule has 25 heavy (non-hydrogen) atoms. The second kappa shape index (κ2) is 10.2. The summed E-state index contributed by atoms with van der Waals surface area (Å²) in [5.74, 6) is 0.985. The van der Waals surface area contributed by atoms with Crippen LogP contribution in [0.4, 0.5) is 0 Å². The summed E-state index contributed by atoms with van der Waals surface area (Å²) in [4.78, 5) is 12.5. The highest BCUT2D eigenvalue weighted by molar-refractivity contribution is 5.72. The molecule has 2 aliphatic rings. The summed E-state index contributed by atoms with van der Waals surface area (Å²) >= 11 is 0. The minimum absolute atomic E-state index is 0.0374. The van der Waals surface area contributed by atoms with Gasteiger partial charge in [0.25, 0.3) is 0 Å². The molecule has 0 saturated heterocycles. The molecule has 142 valence electrons. The highest BCUT2D eigenvalue weighted by atomic mass is 16.5. The number of esters is 1. The van der Waals surface area contributed by atoms with Crippen molar-refractivity contribution in [3.63, 3.8) is 0 Å². The molecule has 0 unspecified atom stereocenters. The molecular formula is C22H37NO2. The number of ether oxygens (including phenoxy) is 1. The molecule has 0 N–H and O–H groups in total. The lowest BCUT2D eigenvalue weighted by molar-refractivity contribution is -0.158. The molecule has 3 nitrogen and oxygen atoms in total. The Bertz CT molecular complexity index is 437. The number of carbonyl (C=O) groups is 1. The summed E-state index contributed by atoms with van der Waals surface area (Å²) in [7, 11) is 0. The number of unbranched alkanes of at least 4 members (excludes halogenated alkanes) is 2. The van der Waals surface area contributed by atoms with Crippen LogP contribution in [0.2, 0.25) is 0 Å². The van der Waals surface area contributed by atoms with Gasteiger partial charge in [-0.1, -0.05) is 46.0 Å². The number of hydrogen-bond donors (Lipinski definition) is 0. The van der Waals surface area contributed by atoms with Gasteiger partial charge in [0.1, 0.15) is 6.10 Å². The number of rotatable bonds is 8. The maximum atomic E-state index is 12.5. The predicted octanol–water partition coefficient (Wildman–Crippen LogP) is 6.17. The highest BCUT2D eigenvalue weighted by Crippen LogP contribution is 2.41. The van der Waals surface area contributed by atoms with Gasteiger partial charge in [-0.25, -0.2) is 0 Å². The molecule has 2 aliphatic carbocycles. The van der Waals surface area contributed by atoms with Crippen molar-refractivity contribution in [1.82, 2.24) is 0 Å². The second-order valence-electron chi connectivity index (χ2n) is 8.49. The number of carbonyl (C=O) groups excluding carboxylic acids is 1. The van der Waals surface area contributed by atoms with Crippen LogP contribution < -0.4 is 0 Å². The largest absolute Gasteiger partial charge is 0.462 e. The zero-order valence-corrected chi connectivity index (χ0v) is 16.4. The van der Waals surface area contributed by atoms with Gasteiger partial charge in [-0.3, -0.25) is 4.79 Å². The van der Waals surface area contributed by atoms with E-state index in [-0.39, 0.29) is 23.4 Å². The van der Waals surface area contributed by atoms with Crippen LogP contribution in [-0.2, 0) is 9.53 Å². The molecule has 0 spiro atoms. The fourth-order valence-electron chi connectivity index (χ4n) is 4.75. The molecule has 2 saturated carbocycles. The second-order valence-corrected chi connectivity index (χ2v) is 8.49. The fourth-order valence-corrected chi connectivity index (χ4v) is 4.75.